The van der Waals surface area contributed by atoms with Crippen molar-refractivity contribution in [1.29, 1.82) is 0 Å². The van der Waals surface area contributed by atoms with E-state index in [4.69, 9.17) is 5.11 Å². The third-order valence-electron chi connectivity index (χ3n) is 2.36. The number of aromatic hydroxyl groups is 2. The summed E-state index contributed by atoms with van der Waals surface area (Å²) >= 11 is 0. The van der Waals surface area contributed by atoms with Crippen molar-refractivity contribution in [2.24, 2.45) is 10.2 Å². The van der Waals surface area contributed by atoms with Gasteiger partial charge in [-0.25, -0.2) is 8.42 Å². The summed E-state index contributed by atoms with van der Waals surface area (Å²) in [7, 11) is -4.49. The van der Waals surface area contributed by atoms with E-state index in [1.54, 1.807) is 0 Å². The van der Waals surface area contributed by atoms with Crippen LogP contribution in [0.5, 0.6) is 11.5 Å². The average molecular weight is 322 g/mol. The van der Waals surface area contributed by atoms with E-state index >= 15 is 0 Å². The zero-order valence-corrected chi connectivity index (χ0v) is 13.8. The summed E-state index contributed by atoms with van der Waals surface area (Å²) in [6.45, 7) is 0. The minimum absolute atomic E-state index is 0. The van der Waals surface area contributed by atoms with Crippen LogP contribution in [0, 0.1) is 0 Å². The number of azo groups is 1. The molecule has 2 rings (SSSR count). The van der Waals surface area contributed by atoms with Crippen LogP contribution in [0.3, 0.4) is 0 Å². The van der Waals surface area contributed by atoms with E-state index in [0.29, 0.717) is 5.69 Å². The van der Waals surface area contributed by atoms with Gasteiger partial charge in [-0.15, -0.1) is 5.11 Å². The van der Waals surface area contributed by atoms with Crippen LogP contribution in [0.25, 0.3) is 0 Å². The Morgan fingerprint density at radius 3 is 2.10 bits per heavy atom. The Balaban J connectivity index is 0.00000220. The maximum atomic E-state index is 10.7. The number of rotatable bonds is 3. The van der Waals surface area contributed by atoms with Crippen LogP contribution < -0.4 is 29.6 Å². The zero-order valence-electron chi connectivity index (χ0n) is 11.0. The van der Waals surface area contributed by atoms with Gasteiger partial charge in [0.1, 0.15) is 27.3 Å². The van der Waals surface area contributed by atoms with Crippen molar-refractivity contribution in [1.82, 2.24) is 0 Å². The summed E-state index contributed by atoms with van der Waals surface area (Å²) < 4.78 is 32.2. The zero-order chi connectivity index (χ0) is 14.8. The molecule has 0 atom stereocenters. The Labute approximate surface area is 143 Å². The quantitative estimate of drug-likeness (QED) is 0.445. The minimum Gasteiger partial charge on any atom is -0.744 e. The number of phenolic OH excluding ortho intramolecular Hbond substituents is 2. The molecule has 0 aromatic heterocycles. The van der Waals surface area contributed by atoms with E-state index in [9.17, 15) is 18.1 Å². The molecule has 0 fully saturated rings. The van der Waals surface area contributed by atoms with Crippen LogP contribution in [0.2, 0.25) is 0 Å². The summed E-state index contributed by atoms with van der Waals surface area (Å²) in [5.74, 6) is -0.348. The molecule has 0 saturated carbocycles. The summed E-state index contributed by atoms with van der Waals surface area (Å²) in [6.07, 6.45) is 0. The molecule has 0 amide bonds. The van der Waals surface area contributed by atoms with Gasteiger partial charge in [0.15, 0.2) is 0 Å². The maximum Gasteiger partial charge on any atom is 1.00 e. The molecule has 2 aromatic rings. The Morgan fingerprint density at radius 1 is 0.952 bits per heavy atom. The molecule has 0 spiro atoms. The van der Waals surface area contributed by atoms with Gasteiger partial charge in [0, 0.05) is 6.07 Å². The summed E-state index contributed by atoms with van der Waals surface area (Å²) in [4.78, 5) is -0.357. The Morgan fingerprint density at radius 2 is 1.57 bits per heavy atom. The first kappa shape index (κ1) is 17.6. The molecular weight excluding hydrogens is 313 g/mol. The van der Waals surface area contributed by atoms with Gasteiger partial charge in [-0.1, -0.05) is 0 Å². The molecule has 104 valence electrons. The van der Waals surface area contributed by atoms with Gasteiger partial charge in [-0.2, -0.15) is 5.11 Å². The average Bonchev–Trinajstić information content (AvgIpc) is 2.37. The molecule has 2 N–H and O–H groups in total. The Kier molecular flexibility index (Phi) is 5.87. The monoisotopic (exact) mass is 322 g/mol. The Hall–Kier alpha value is -1.45. The fraction of sp³-hybridized carbons (Fsp3) is 0. The molecule has 0 aliphatic heterocycles. The van der Waals surface area contributed by atoms with Crippen LogP contribution in [0.15, 0.2) is 57.6 Å². The molecule has 7 nitrogen and oxygen atoms in total. The predicted molar refractivity (Wildman–Crippen MR) is 68.4 cm³/mol. The third-order valence-corrected chi connectivity index (χ3v) is 3.21. The molecular formula is C12H9N2NaO5S. The standard InChI is InChI=1S/C12H10N2O5S.Na/c15-9-3-6-11(12(16)7-9)14-13-8-1-4-10(5-2-8)20(17,18)19;/h1-7,15-16H,(H,17,18,19);/q;+1/p-1/i1+1,2+1,4+1,5+1,8+1,10+1;. The van der Waals surface area contributed by atoms with Crippen molar-refractivity contribution in [2.75, 3.05) is 0 Å². The van der Waals surface area contributed by atoms with Gasteiger partial charge in [0.2, 0.25) is 0 Å². The second-order valence-electron chi connectivity index (χ2n) is 3.82. The first-order valence-corrected chi connectivity index (χ1v) is 6.77. The topological polar surface area (TPSA) is 122 Å². The molecule has 9 heteroatoms. The second-order valence-corrected chi connectivity index (χ2v) is 5.20. The molecule has 0 saturated heterocycles. The fourth-order valence-electron chi connectivity index (χ4n) is 1.39. The van der Waals surface area contributed by atoms with Crippen LogP contribution in [0.4, 0.5) is 11.4 Å². The SMILES string of the molecule is O=S(=O)([O-])[13c]1[13cH][13cH][13c](N=Nc2ccc(O)cc2O)[13cH][13cH]1.[Na+]. The van der Waals surface area contributed by atoms with Gasteiger partial charge in [-0.05, 0) is 36.4 Å². The van der Waals surface area contributed by atoms with E-state index in [0.717, 1.165) is 18.2 Å². The van der Waals surface area contributed by atoms with Crippen molar-refractivity contribution in [3.8, 4) is 11.5 Å². The number of benzene rings is 2. The largest absolute Gasteiger partial charge is 1.00 e. The van der Waals surface area contributed by atoms with Crippen LogP contribution in [0.1, 0.15) is 0 Å². The van der Waals surface area contributed by atoms with Gasteiger partial charge in [-0.3, -0.25) is 0 Å². The van der Waals surface area contributed by atoms with Crippen molar-refractivity contribution in [3.63, 3.8) is 0 Å². The molecule has 0 heterocycles. The van der Waals surface area contributed by atoms with Crippen molar-refractivity contribution in [2.45, 2.75) is 4.90 Å². The summed E-state index contributed by atoms with van der Waals surface area (Å²) in [6, 6.07) is 8.67. The number of phenols is 2. The summed E-state index contributed by atoms with van der Waals surface area (Å²) in [5, 5.41) is 26.1. The van der Waals surface area contributed by atoms with E-state index in [2.05, 4.69) is 10.2 Å². The molecule has 0 bridgehead atoms. The molecule has 0 unspecified atom stereocenters. The van der Waals surface area contributed by atoms with Crippen LogP contribution >= 0.6 is 0 Å². The van der Waals surface area contributed by atoms with Gasteiger partial charge >= 0.3 is 29.6 Å². The molecule has 0 aliphatic rings. The fourth-order valence-corrected chi connectivity index (χ4v) is 1.86. The predicted octanol–water partition coefficient (Wildman–Crippen LogP) is -0.579. The molecule has 0 radical (unpaired) electrons. The number of hydrogen-bond acceptors (Lipinski definition) is 7. The minimum atomic E-state index is -4.49. The van der Waals surface area contributed by atoms with Gasteiger partial charge < -0.3 is 14.8 Å². The summed E-state index contributed by atoms with van der Waals surface area (Å²) in [5.41, 5.74) is 0.452. The number of nitrogens with zero attached hydrogens (tertiary/aromatic N) is 2. The van der Waals surface area contributed by atoms with E-state index in [1.807, 2.05) is 0 Å². The first-order chi connectivity index (χ1) is 9.36. The normalized spacial score (nSPS) is 11.3. The van der Waals surface area contributed by atoms with Crippen LogP contribution in [-0.2, 0) is 10.1 Å². The number of hydrogen-bond donors (Lipinski definition) is 2. The molecule has 2 aromatic carbocycles. The Bertz CT molecular complexity index is 760. The van der Waals surface area contributed by atoms with E-state index in [-0.39, 0.29) is 51.6 Å². The molecule has 0 aliphatic carbocycles. The second kappa shape index (κ2) is 7.01. The van der Waals surface area contributed by atoms with Crippen molar-refractivity contribution in [3.05, 3.63) is 42.5 Å². The van der Waals surface area contributed by atoms with Crippen molar-refractivity contribution < 1.29 is 52.7 Å². The van der Waals surface area contributed by atoms with Crippen molar-refractivity contribution >= 4 is 21.5 Å². The maximum absolute atomic E-state index is 10.7. The third kappa shape index (κ3) is 4.80. The first-order valence-electron chi connectivity index (χ1n) is 5.36. The van der Waals surface area contributed by atoms with E-state index in [1.165, 1.54) is 24.3 Å². The molecule has 21 heavy (non-hydrogen) atoms. The van der Waals surface area contributed by atoms with Gasteiger partial charge in [0.25, 0.3) is 0 Å². The van der Waals surface area contributed by atoms with Gasteiger partial charge in [0.05, 0.1) is 10.6 Å². The smallest absolute Gasteiger partial charge is 0.744 e. The van der Waals surface area contributed by atoms with E-state index < -0.39 is 10.1 Å². The van der Waals surface area contributed by atoms with Crippen LogP contribution in [-0.4, -0.2) is 23.2 Å².